The van der Waals surface area contributed by atoms with Gasteiger partial charge in [0.2, 0.25) is 0 Å². The fourth-order valence-electron chi connectivity index (χ4n) is 1.74. The molecule has 0 aliphatic carbocycles. The zero-order valence-corrected chi connectivity index (χ0v) is 11.1. The molecule has 0 bridgehead atoms. The number of hydrogen-bond acceptors (Lipinski definition) is 3. The van der Waals surface area contributed by atoms with Gasteiger partial charge in [0.05, 0.1) is 11.6 Å². The molecule has 0 aliphatic heterocycles. The molecule has 94 valence electrons. The maximum Gasteiger partial charge on any atom is 0.254 e. The molecule has 1 heterocycles. The summed E-state index contributed by atoms with van der Waals surface area (Å²) in [5.41, 5.74) is 1.71. The zero-order chi connectivity index (χ0) is 13.1. The predicted molar refractivity (Wildman–Crippen MR) is 72.9 cm³/mol. The minimum Gasteiger partial charge on any atom is -0.508 e. The summed E-state index contributed by atoms with van der Waals surface area (Å²) in [5, 5.41) is 13.0. The van der Waals surface area contributed by atoms with Gasteiger partial charge in [-0.2, -0.15) is 11.3 Å². The maximum absolute atomic E-state index is 12.2. The van der Waals surface area contributed by atoms with Gasteiger partial charge in [-0.05, 0) is 36.1 Å². The summed E-state index contributed by atoms with van der Waals surface area (Å²) < 4.78 is 0. The first kappa shape index (κ1) is 12.6. The van der Waals surface area contributed by atoms with E-state index >= 15 is 0 Å². The Bertz CT molecular complexity index is 519. The summed E-state index contributed by atoms with van der Waals surface area (Å²) in [6.45, 7) is 1.97. The number of hydrogen-bond donors (Lipinski definition) is 1. The molecule has 0 radical (unpaired) electrons. The van der Waals surface area contributed by atoms with Gasteiger partial charge in [0.1, 0.15) is 5.75 Å². The molecule has 0 spiro atoms. The molecule has 2 aromatic rings. The van der Waals surface area contributed by atoms with Crippen molar-refractivity contribution < 1.29 is 9.90 Å². The summed E-state index contributed by atoms with van der Waals surface area (Å²) in [7, 11) is 1.79. The molecule has 18 heavy (non-hydrogen) atoms. The molecular formula is C14H15NO2S. The molecule has 1 amide bonds. The molecule has 1 aromatic heterocycles. The van der Waals surface area contributed by atoms with Crippen molar-refractivity contribution in [2.45, 2.75) is 13.0 Å². The second-order valence-electron chi connectivity index (χ2n) is 4.20. The Labute approximate surface area is 110 Å². The first-order chi connectivity index (χ1) is 8.59. The van der Waals surface area contributed by atoms with Gasteiger partial charge in [0, 0.05) is 12.4 Å². The fourth-order valence-corrected chi connectivity index (χ4v) is 2.37. The summed E-state index contributed by atoms with van der Waals surface area (Å²) >= 11 is 1.51. The quantitative estimate of drug-likeness (QED) is 0.921. The van der Waals surface area contributed by atoms with Crippen LogP contribution in [0.15, 0.2) is 41.1 Å². The minimum absolute atomic E-state index is 0.0109. The van der Waals surface area contributed by atoms with Crippen LogP contribution in [-0.2, 0) is 0 Å². The SMILES string of the molecule is CC(c1ccc(O)cc1)N(C)C(=O)c1ccsc1. The number of benzene rings is 1. The van der Waals surface area contributed by atoms with E-state index < -0.39 is 0 Å². The molecule has 1 unspecified atom stereocenters. The number of aromatic hydroxyl groups is 1. The van der Waals surface area contributed by atoms with Crippen molar-refractivity contribution in [3.8, 4) is 5.75 Å². The molecule has 0 saturated carbocycles. The van der Waals surface area contributed by atoms with E-state index in [9.17, 15) is 9.90 Å². The summed E-state index contributed by atoms with van der Waals surface area (Å²) in [6.07, 6.45) is 0. The van der Waals surface area contributed by atoms with Gasteiger partial charge >= 0.3 is 0 Å². The van der Waals surface area contributed by atoms with Gasteiger partial charge in [-0.1, -0.05) is 12.1 Å². The third-order valence-corrected chi connectivity index (χ3v) is 3.73. The lowest BCUT2D eigenvalue weighted by Crippen LogP contribution is -2.29. The lowest BCUT2D eigenvalue weighted by Gasteiger charge is -2.25. The lowest BCUT2D eigenvalue weighted by atomic mass is 10.1. The molecule has 0 aliphatic rings. The predicted octanol–water partition coefficient (Wildman–Crippen LogP) is 3.29. The topological polar surface area (TPSA) is 40.5 Å². The standard InChI is InChI=1S/C14H15NO2S/c1-10(11-3-5-13(16)6-4-11)15(2)14(17)12-7-8-18-9-12/h3-10,16H,1-2H3. The Morgan fingerprint density at radius 1 is 1.28 bits per heavy atom. The number of carbonyl (C=O) groups excluding carboxylic acids is 1. The Morgan fingerprint density at radius 2 is 1.94 bits per heavy atom. The van der Waals surface area contributed by atoms with E-state index in [0.717, 1.165) is 5.56 Å². The van der Waals surface area contributed by atoms with Crippen LogP contribution < -0.4 is 0 Å². The summed E-state index contributed by atoms with van der Waals surface area (Å²) in [4.78, 5) is 13.9. The van der Waals surface area contributed by atoms with Crippen molar-refractivity contribution in [3.05, 3.63) is 52.2 Å². The van der Waals surface area contributed by atoms with Gasteiger partial charge < -0.3 is 10.0 Å². The third kappa shape index (κ3) is 2.54. The van der Waals surface area contributed by atoms with E-state index in [1.807, 2.05) is 35.9 Å². The van der Waals surface area contributed by atoms with Gasteiger partial charge in [-0.3, -0.25) is 4.79 Å². The van der Waals surface area contributed by atoms with E-state index in [1.54, 1.807) is 24.1 Å². The number of carbonyl (C=O) groups is 1. The Hall–Kier alpha value is -1.81. The second-order valence-corrected chi connectivity index (χ2v) is 4.98. The van der Waals surface area contributed by atoms with Crippen LogP contribution in [0.5, 0.6) is 5.75 Å². The smallest absolute Gasteiger partial charge is 0.254 e. The van der Waals surface area contributed by atoms with Crippen LogP contribution in [0, 0.1) is 0 Å². The van der Waals surface area contributed by atoms with Gasteiger partial charge in [0.25, 0.3) is 5.91 Å². The highest BCUT2D eigenvalue weighted by molar-refractivity contribution is 7.08. The molecule has 4 heteroatoms. The fraction of sp³-hybridized carbons (Fsp3) is 0.214. The normalized spacial score (nSPS) is 12.1. The largest absolute Gasteiger partial charge is 0.508 e. The average molecular weight is 261 g/mol. The van der Waals surface area contributed by atoms with Crippen LogP contribution in [0.3, 0.4) is 0 Å². The van der Waals surface area contributed by atoms with Crippen LogP contribution in [0.25, 0.3) is 0 Å². The van der Waals surface area contributed by atoms with E-state index in [4.69, 9.17) is 0 Å². The molecule has 3 nitrogen and oxygen atoms in total. The van der Waals surface area contributed by atoms with E-state index in [1.165, 1.54) is 11.3 Å². The molecule has 1 N–H and O–H groups in total. The lowest BCUT2D eigenvalue weighted by molar-refractivity contribution is 0.0743. The maximum atomic E-state index is 12.2. The van der Waals surface area contributed by atoms with Crippen LogP contribution >= 0.6 is 11.3 Å². The first-order valence-corrected chi connectivity index (χ1v) is 6.62. The van der Waals surface area contributed by atoms with E-state index in [2.05, 4.69) is 0 Å². The highest BCUT2D eigenvalue weighted by atomic mass is 32.1. The number of nitrogens with zero attached hydrogens (tertiary/aromatic N) is 1. The van der Waals surface area contributed by atoms with Crippen molar-refractivity contribution >= 4 is 17.2 Å². The van der Waals surface area contributed by atoms with Crippen LogP contribution in [0.4, 0.5) is 0 Å². The molecule has 2 rings (SSSR count). The second kappa shape index (κ2) is 5.23. The summed E-state index contributed by atoms with van der Waals surface area (Å²) in [5.74, 6) is 0.245. The van der Waals surface area contributed by atoms with Crippen LogP contribution in [-0.4, -0.2) is 23.0 Å². The number of thiophene rings is 1. The Morgan fingerprint density at radius 3 is 2.50 bits per heavy atom. The molecule has 0 fully saturated rings. The number of phenols is 1. The van der Waals surface area contributed by atoms with Crippen molar-refractivity contribution in [2.24, 2.45) is 0 Å². The Kier molecular flexibility index (Phi) is 3.67. The molecule has 1 aromatic carbocycles. The van der Waals surface area contributed by atoms with E-state index in [0.29, 0.717) is 5.56 Å². The number of rotatable bonds is 3. The highest BCUT2D eigenvalue weighted by Gasteiger charge is 2.18. The van der Waals surface area contributed by atoms with Gasteiger partial charge in [-0.25, -0.2) is 0 Å². The number of amides is 1. The average Bonchev–Trinajstić information content (AvgIpc) is 2.91. The zero-order valence-electron chi connectivity index (χ0n) is 10.3. The third-order valence-electron chi connectivity index (χ3n) is 3.04. The molecule has 0 saturated heterocycles. The van der Waals surface area contributed by atoms with Crippen molar-refractivity contribution in [1.29, 1.82) is 0 Å². The highest BCUT2D eigenvalue weighted by Crippen LogP contribution is 2.23. The monoisotopic (exact) mass is 261 g/mol. The minimum atomic E-state index is -0.0296. The number of phenolic OH excluding ortho intramolecular Hbond substituents is 1. The van der Waals surface area contributed by atoms with Crippen LogP contribution in [0.1, 0.15) is 28.9 Å². The van der Waals surface area contributed by atoms with Crippen LogP contribution in [0.2, 0.25) is 0 Å². The Balaban J connectivity index is 2.16. The van der Waals surface area contributed by atoms with E-state index in [-0.39, 0.29) is 17.7 Å². The van der Waals surface area contributed by atoms with Gasteiger partial charge in [-0.15, -0.1) is 0 Å². The van der Waals surface area contributed by atoms with Crippen molar-refractivity contribution in [3.63, 3.8) is 0 Å². The summed E-state index contributed by atoms with van der Waals surface area (Å²) in [6, 6.07) is 8.73. The molecular weight excluding hydrogens is 246 g/mol. The van der Waals surface area contributed by atoms with Gasteiger partial charge in [0.15, 0.2) is 0 Å². The molecule has 1 atom stereocenters. The first-order valence-electron chi connectivity index (χ1n) is 5.68. The van der Waals surface area contributed by atoms with Crippen molar-refractivity contribution in [2.75, 3.05) is 7.05 Å². The van der Waals surface area contributed by atoms with Crippen molar-refractivity contribution in [1.82, 2.24) is 4.90 Å².